The van der Waals surface area contributed by atoms with Crippen LogP contribution in [-0.4, -0.2) is 41.4 Å². The molecular weight excluding hydrogens is 290 g/mol. The number of morpholine rings is 1. The first-order valence-corrected chi connectivity index (χ1v) is 7.84. The molecule has 1 aliphatic rings. The summed E-state index contributed by atoms with van der Waals surface area (Å²) in [6.45, 7) is 6.47. The van der Waals surface area contributed by atoms with E-state index >= 15 is 0 Å². The molecule has 0 bridgehead atoms. The molecule has 0 radical (unpaired) electrons. The molecule has 1 aliphatic heterocycles. The van der Waals surface area contributed by atoms with Crippen molar-refractivity contribution in [3.8, 4) is 0 Å². The summed E-state index contributed by atoms with van der Waals surface area (Å²) in [7, 11) is 0. The molecule has 0 saturated carbocycles. The molecule has 0 spiro atoms. The van der Waals surface area contributed by atoms with Crippen LogP contribution in [0.3, 0.4) is 0 Å². The fourth-order valence-corrected chi connectivity index (χ4v) is 3.16. The molecule has 0 aromatic carbocycles. The van der Waals surface area contributed by atoms with E-state index < -0.39 is 0 Å². The summed E-state index contributed by atoms with van der Waals surface area (Å²) >= 11 is 1.39. The van der Waals surface area contributed by atoms with Gasteiger partial charge in [0, 0.05) is 13.1 Å². The van der Waals surface area contributed by atoms with Crippen molar-refractivity contribution in [2.24, 2.45) is 0 Å². The second-order valence-corrected chi connectivity index (χ2v) is 6.71. The van der Waals surface area contributed by atoms with Gasteiger partial charge in [-0.3, -0.25) is 4.79 Å². The normalized spacial score (nSPS) is 21.7. The highest BCUT2D eigenvalue weighted by Gasteiger charge is 2.28. The summed E-state index contributed by atoms with van der Waals surface area (Å²) < 4.78 is 12.2. The maximum absolute atomic E-state index is 11.8. The molecule has 1 atom stereocenters. The Balaban J connectivity index is 1.58. The molecule has 6 nitrogen and oxygen atoms in total. The Morgan fingerprint density at radius 1 is 1.57 bits per heavy atom. The van der Waals surface area contributed by atoms with E-state index in [9.17, 15) is 4.79 Å². The van der Waals surface area contributed by atoms with Crippen LogP contribution in [0.5, 0.6) is 0 Å². The van der Waals surface area contributed by atoms with Gasteiger partial charge in [-0.05, 0) is 25.3 Å². The van der Waals surface area contributed by atoms with Gasteiger partial charge in [0.2, 0.25) is 0 Å². The molecular formula is C14H19N3O3S. The van der Waals surface area contributed by atoms with E-state index in [2.05, 4.69) is 29.1 Å². The van der Waals surface area contributed by atoms with E-state index in [0.717, 1.165) is 18.6 Å². The summed E-state index contributed by atoms with van der Waals surface area (Å²) in [5.74, 6) is 0.550. The zero-order valence-electron chi connectivity index (χ0n) is 12.1. The van der Waals surface area contributed by atoms with Gasteiger partial charge in [0.15, 0.2) is 0 Å². The Morgan fingerprint density at radius 3 is 3.24 bits per heavy atom. The number of ether oxygens (including phenoxy) is 2. The van der Waals surface area contributed by atoms with Gasteiger partial charge in [0.1, 0.15) is 17.1 Å². The van der Waals surface area contributed by atoms with Crippen LogP contribution >= 0.6 is 11.3 Å². The zero-order chi connectivity index (χ0) is 14.9. The maximum atomic E-state index is 11.8. The van der Waals surface area contributed by atoms with Crippen molar-refractivity contribution in [2.45, 2.75) is 32.2 Å². The Hall–Kier alpha value is -1.28. The topological polar surface area (TPSA) is 76.2 Å². The third-order valence-electron chi connectivity index (χ3n) is 3.31. The summed E-state index contributed by atoms with van der Waals surface area (Å²) in [5.41, 5.74) is 0.443. The van der Waals surface area contributed by atoms with Gasteiger partial charge in [0.05, 0.1) is 23.8 Å². The van der Waals surface area contributed by atoms with Crippen LogP contribution in [-0.2, 0) is 16.1 Å². The molecule has 114 valence electrons. The fourth-order valence-electron chi connectivity index (χ4n) is 2.44. The standard InChI is InChI=1S/C14H19N3O3S/c1-14(2)8-15-5-9(20-14)6-19-7-11-16-10-3-4-21-12(10)13(18)17-11/h3-4,9,15H,5-8H2,1-2H3,(H,16,17,18). The molecule has 3 rings (SSSR count). The molecule has 2 aromatic heterocycles. The van der Waals surface area contributed by atoms with E-state index in [1.54, 1.807) is 0 Å². The zero-order valence-corrected chi connectivity index (χ0v) is 13.0. The fraction of sp³-hybridized carbons (Fsp3) is 0.571. The first-order chi connectivity index (χ1) is 10.0. The van der Waals surface area contributed by atoms with Gasteiger partial charge in [-0.15, -0.1) is 11.3 Å². The lowest BCUT2D eigenvalue weighted by Crippen LogP contribution is -2.51. The van der Waals surface area contributed by atoms with E-state index in [1.807, 2.05) is 11.4 Å². The van der Waals surface area contributed by atoms with Crippen molar-refractivity contribution in [2.75, 3.05) is 19.7 Å². The maximum Gasteiger partial charge on any atom is 0.268 e. The lowest BCUT2D eigenvalue weighted by Gasteiger charge is -2.36. The third-order valence-corrected chi connectivity index (χ3v) is 4.22. The van der Waals surface area contributed by atoms with Gasteiger partial charge in [-0.25, -0.2) is 4.98 Å². The van der Waals surface area contributed by atoms with Gasteiger partial charge in [-0.2, -0.15) is 0 Å². The van der Waals surface area contributed by atoms with Gasteiger partial charge in [0.25, 0.3) is 5.56 Å². The Bertz CT molecular complexity index is 679. The molecule has 2 aromatic rings. The van der Waals surface area contributed by atoms with Crippen molar-refractivity contribution in [3.63, 3.8) is 0 Å². The monoisotopic (exact) mass is 309 g/mol. The van der Waals surface area contributed by atoms with Crippen LogP contribution in [0.25, 0.3) is 10.2 Å². The Kier molecular flexibility index (Phi) is 4.08. The SMILES string of the molecule is CC1(C)CNCC(COCc2nc3ccsc3c(=O)[nH]2)O1. The quantitative estimate of drug-likeness (QED) is 0.889. The first kappa shape index (κ1) is 14.6. The highest BCUT2D eigenvalue weighted by atomic mass is 32.1. The van der Waals surface area contributed by atoms with Gasteiger partial charge in [-0.1, -0.05) is 0 Å². The number of fused-ring (bicyclic) bond motifs is 1. The number of thiophene rings is 1. The second kappa shape index (κ2) is 5.84. The Labute approximate surface area is 126 Å². The molecule has 0 amide bonds. The van der Waals surface area contributed by atoms with Crippen LogP contribution in [0.15, 0.2) is 16.2 Å². The number of aromatic nitrogens is 2. The van der Waals surface area contributed by atoms with Crippen molar-refractivity contribution in [3.05, 3.63) is 27.6 Å². The van der Waals surface area contributed by atoms with Crippen LogP contribution in [0.1, 0.15) is 19.7 Å². The first-order valence-electron chi connectivity index (χ1n) is 6.96. The number of nitrogens with one attached hydrogen (secondary N) is 2. The van der Waals surface area contributed by atoms with Crippen molar-refractivity contribution in [1.82, 2.24) is 15.3 Å². The summed E-state index contributed by atoms with van der Waals surface area (Å²) in [6.07, 6.45) is 0.0188. The second-order valence-electron chi connectivity index (χ2n) is 5.79. The minimum absolute atomic E-state index is 0.0188. The van der Waals surface area contributed by atoms with Crippen LogP contribution in [0.2, 0.25) is 0 Å². The number of hydrogen-bond acceptors (Lipinski definition) is 6. The minimum Gasteiger partial charge on any atom is -0.371 e. The van der Waals surface area contributed by atoms with Crippen LogP contribution in [0, 0.1) is 0 Å². The minimum atomic E-state index is -0.172. The smallest absolute Gasteiger partial charge is 0.268 e. The highest BCUT2D eigenvalue weighted by Crippen LogP contribution is 2.16. The summed E-state index contributed by atoms with van der Waals surface area (Å²) in [6, 6.07) is 1.84. The number of nitrogens with zero attached hydrogens (tertiary/aromatic N) is 1. The van der Waals surface area contributed by atoms with Crippen LogP contribution < -0.4 is 10.9 Å². The molecule has 1 saturated heterocycles. The van der Waals surface area contributed by atoms with Crippen molar-refractivity contribution >= 4 is 21.6 Å². The average Bonchev–Trinajstić information content (AvgIpc) is 2.86. The number of aromatic amines is 1. The molecule has 1 unspecified atom stereocenters. The van der Waals surface area contributed by atoms with E-state index in [4.69, 9.17) is 9.47 Å². The summed E-state index contributed by atoms with van der Waals surface area (Å²) in [5, 5.41) is 5.19. The van der Waals surface area contributed by atoms with Gasteiger partial charge >= 0.3 is 0 Å². The average molecular weight is 309 g/mol. The predicted octanol–water partition coefficient (Wildman–Crippen LogP) is 1.27. The van der Waals surface area contributed by atoms with Gasteiger partial charge < -0.3 is 19.8 Å². The molecule has 1 fully saturated rings. The summed E-state index contributed by atoms with van der Waals surface area (Å²) in [4.78, 5) is 19.0. The Morgan fingerprint density at radius 2 is 2.43 bits per heavy atom. The van der Waals surface area contributed by atoms with E-state index in [-0.39, 0.29) is 23.9 Å². The van der Waals surface area contributed by atoms with E-state index in [0.29, 0.717) is 17.1 Å². The number of hydrogen-bond donors (Lipinski definition) is 2. The third kappa shape index (κ3) is 3.49. The van der Waals surface area contributed by atoms with Crippen LogP contribution in [0.4, 0.5) is 0 Å². The highest BCUT2D eigenvalue weighted by molar-refractivity contribution is 7.17. The predicted molar refractivity (Wildman–Crippen MR) is 81.7 cm³/mol. The molecule has 21 heavy (non-hydrogen) atoms. The van der Waals surface area contributed by atoms with E-state index in [1.165, 1.54) is 11.3 Å². The van der Waals surface area contributed by atoms with Crippen molar-refractivity contribution < 1.29 is 9.47 Å². The number of rotatable bonds is 4. The lowest BCUT2D eigenvalue weighted by molar-refractivity contribution is -0.122. The van der Waals surface area contributed by atoms with Crippen molar-refractivity contribution in [1.29, 1.82) is 0 Å². The molecule has 7 heteroatoms. The molecule has 0 aliphatic carbocycles. The lowest BCUT2D eigenvalue weighted by atomic mass is 10.1. The largest absolute Gasteiger partial charge is 0.371 e. The molecule has 3 heterocycles. The number of H-pyrrole nitrogens is 1. The molecule has 2 N–H and O–H groups in total.